The van der Waals surface area contributed by atoms with Crippen LogP contribution in [0.15, 0.2) is 48.5 Å². The second-order valence-corrected chi connectivity index (χ2v) is 5.59. The third-order valence-corrected chi connectivity index (χ3v) is 3.77. The molecule has 0 fully saturated rings. The number of amides is 2. The highest BCUT2D eigenvalue weighted by Gasteiger charge is 2.17. The number of aryl methyl sites for hydroxylation is 1. The molecule has 1 unspecified atom stereocenters. The number of aliphatic hydroxyl groups is 1. The molecule has 0 aliphatic rings. The maximum Gasteiger partial charge on any atom is 0.321 e. The van der Waals surface area contributed by atoms with Gasteiger partial charge in [0, 0.05) is 12.2 Å². The number of likely N-dealkylation sites (N-methyl/N-ethyl adjacent to an activating group) is 1. The van der Waals surface area contributed by atoms with Gasteiger partial charge in [-0.05, 0) is 37.6 Å². The second-order valence-electron chi connectivity index (χ2n) is 5.59. The minimum absolute atomic E-state index is 0.198. The van der Waals surface area contributed by atoms with Crippen LogP contribution < -0.4 is 5.32 Å². The number of carbonyl (C=O) groups is 1. The van der Waals surface area contributed by atoms with Gasteiger partial charge in [0.2, 0.25) is 0 Å². The molecule has 5 nitrogen and oxygen atoms in total. The molecule has 1 atom stereocenters. The van der Waals surface area contributed by atoms with Crippen molar-refractivity contribution in [2.45, 2.75) is 20.0 Å². The molecule has 0 aromatic heterocycles. The molecular weight excluding hydrogens is 302 g/mol. The fraction of sp³-hybridized carbons (Fsp3) is 0.263. The van der Waals surface area contributed by atoms with Gasteiger partial charge in [-0.15, -0.1) is 0 Å². The van der Waals surface area contributed by atoms with Crippen molar-refractivity contribution in [3.05, 3.63) is 65.2 Å². The summed E-state index contributed by atoms with van der Waals surface area (Å²) in [6.07, 6.45) is -0.748. The molecule has 0 aliphatic carbocycles. The molecule has 24 heavy (non-hydrogen) atoms. The van der Waals surface area contributed by atoms with Crippen LogP contribution in [0.1, 0.15) is 29.7 Å². The molecule has 2 amide bonds. The zero-order chi connectivity index (χ0) is 17.5. The van der Waals surface area contributed by atoms with Gasteiger partial charge in [-0.25, -0.2) is 4.79 Å². The topological polar surface area (TPSA) is 76.4 Å². The van der Waals surface area contributed by atoms with E-state index >= 15 is 0 Å². The number of nitrogens with zero attached hydrogens (tertiary/aromatic N) is 2. The molecule has 2 N–H and O–H groups in total. The fourth-order valence-electron chi connectivity index (χ4n) is 2.33. The summed E-state index contributed by atoms with van der Waals surface area (Å²) in [5.41, 5.74) is 2.93. The number of carbonyl (C=O) groups excluding carboxylic acids is 1. The Kier molecular flexibility index (Phi) is 5.94. The third-order valence-electron chi connectivity index (χ3n) is 3.77. The highest BCUT2D eigenvalue weighted by Crippen LogP contribution is 2.16. The summed E-state index contributed by atoms with van der Waals surface area (Å²) in [5, 5.41) is 22.0. The van der Waals surface area contributed by atoms with Crippen LogP contribution >= 0.6 is 0 Å². The summed E-state index contributed by atoms with van der Waals surface area (Å²) < 4.78 is 0. The lowest BCUT2D eigenvalue weighted by Gasteiger charge is -2.24. The largest absolute Gasteiger partial charge is 0.387 e. The predicted octanol–water partition coefficient (Wildman–Crippen LogP) is 3.45. The van der Waals surface area contributed by atoms with Crippen LogP contribution in [0.3, 0.4) is 0 Å². The highest BCUT2D eigenvalue weighted by molar-refractivity contribution is 5.89. The number of nitrogens with one attached hydrogen (secondary N) is 1. The van der Waals surface area contributed by atoms with Gasteiger partial charge in [-0.3, -0.25) is 0 Å². The van der Waals surface area contributed by atoms with Crippen molar-refractivity contribution in [1.82, 2.24) is 4.90 Å². The van der Waals surface area contributed by atoms with E-state index in [1.807, 2.05) is 44.2 Å². The molecule has 0 saturated heterocycles. The first-order valence-corrected chi connectivity index (χ1v) is 7.84. The van der Waals surface area contributed by atoms with E-state index in [2.05, 4.69) is 5.32 Å². The Labute approximate surface area is 142 Å². The van der Waals surface area contributed by atoms with Gasteiger partial charge in [-0.2, -0.15) is 5.26 Å². The van der Waals surface area contributed by atoms with E-state index in [1.165, 1.54) is 4.90 Å². The van der Waals surface area contributed by atoms with Crippen molar-refractivity contribution in [3.8, 4) is 6.07 Å². The Morgan fingerprint density at radius 3 is 2.62 bits per heavy atom. The van der Waals surface area contributed by atoms with Crippen LogP contribution in [0.5, 0.6) is 0 Å². The van der Waals surface area contributed by atoms with Crippen LogP contribution in [0.25, 0.3) is 0 Å². The summed E-state index contributed by atoms with van der Waals surface area (Å²) in [6.45, 7) is 4.50. The zero-order valence-electron chi connectivity index (χ0n) is 13.9. The van der Waals surface area contributed by atoms with Crippen LogP contribution in [0.4, 0.5) is 10.5 Å². The summed E-state index contributed by atoms with van der Waals surface area (Å²) in [5.74, 6) is 0. The van der Waals surface area contributed by atoms with Gasteiger partial charge >= 0.3 is 6.03 Å². The molecule has 0 radical (unpaired) electrons. The van der Waals surface area contributed by atoms with Gasteiger partial charge in [0.05, 0.1) is 24.3 Å². The lowest BCUT2D eigenvalue weighted by atomic mass is 10.1. The van der Waals surface area contributed by atoms with Crippen molar-refractivity contribution in [3.63, 3.8) is 0 Å². The number of anilines is 1. The maximum absolute atomic E-state index is 12.4. The van der Waals surface area contributed by atoms with Gasteiger partial charge in [0.15, 0.2) is 0 Å². The van der Waals surface area contributed by atoms with Crippen molar-refractivity contribution < 1.29 is 9.90 Å². The van der Waals surface area contributed by atoms with Crippen LogP contribution in [-0.4, -0.2) is 29.1 Å². The Balaban J connectivity index is 2.03. The molecule has 124 valence electrons. The van der Waals surface area contributed by atoms with E-state index in [1.54, 1.807) is 24.3 Å². The van der Waals surface area contributed by atoms with E-state index in [0.717, 1.165) is 11.1 Å². The average molecular weight is 323 g/mol. The predicted molar refractivity (Wildman–Crippen MR) is 93.6 cm³/mol. The first-order valence-electron chi connectivity index (χ1n) is 7.84. The lowest BCUT2D eigenvalue weighted by Crippen LogP contribution is -2.37. The third kappa shape index (κ3) is 4.58. The van der Waals surface area contributed by atoms with Gasteiger partial charge in [0.25, 0.3) is 0 Å². The highest BCUT2D eigenvalue weighted by atomic mass is 16.3. The summed E-state index contributed by atoms with van der Waals surface area (Å²) in [4.78, 5) is 13.9. The Hall–Kier alpha value is -2.84. The van der Waals surface area contributed by atoms with E-state index in [0.29, 0.717) is 17.8 Å². The maximum atomic E-state index is 12.4. The molecule has 2 rings (SSSR count). The molecule has 0 aliphatic heterocycles. The number of nitriles is 1. The monoisotopic (exact) mass is 323 g/mol. The summed E-state index contributed by atoms with van der Waals surface area (Å²) in [6, 6.07) is 16.0. The minimum atomic E-state index is -0.748. The molecule has 0 spiro atoms. The fourth-order valence-corrected chi connectivity index (χ4v) is 2.33. The lowest BCUT2D eigenvalue weighted by molar-refractivity contribution is 0.128. The Morgan fingerprint density at radius 1 is 1.29 bits per heavy atom. The number of hydrogen-bond donors (Lipinski definition) is 2. The van der Waals surface area contributed by atoms with Gasteiger partial charge < -0.3 is 15.3 Å². The summed E-state index contributed by atoms with van der Waals surface area (Å²) >= 11 is 0. The first-order chi connectivity index (χ1) is 11.5. The number of rotatable bonds is 5. The molecule has 0 heterocycles. The van der Waals surface area contributed by atoms with Crippen LogP contribution in [-0.2, 0) is 0 Å². The minimum Gasteiger partial charge on any atom is -0.387 e. The molecule has 0 bridgehead atoms. The van der Waals surface area contributed by atoms with Crippen molar-refractivity contribution >= 4 is 11.7 Å². The van der Waals surface area contributed by atoms with Gasteiger partial charge in [-0.1, -0.05) is 35.9 Å². The number of benzene rings is 2. The van der Waals surface area contributed by atoms with Crippen LogP contribution in [0, 0.1) is 18.3 Å². The smallest absolute Gasteiger partial charge is 0.321 e. The normalized spacial score (nSPS) is 11.4. The van der Waals surface area contributed by atoms with Crippen LogP contribution in [0.2, 0.25) is 0 Å². The second kappa shape index (κ2) is 8.14. The Morgan fingerprint density at radius 2 is 2.00 bits per heavy atom. The molecule has 0 saturated carbocycles. The quantitative estimate of drug-likeness (QED) is 0.884. The zero-order valence-corrected chi connectivity index (χ0v) is 13.9. The average Bonchev–Trinajstić information content (AvgIpc) is 2.60. The van der Waals surface area contributed by atoms with E-state index in [9.17, 15) is 9.90 Å². The standard InChI is InChI=1S/C19H21N3O2/c1-3-22(13-18(23)16-9-7-14(2)8-10-16)19(24)21-17-6-4-5-15(11-17)12-20/h4-11,18,23H,3,13H2,1-2H3,(H,21,24). The number of aliphatic hydroxyl groups excluding tert-OH is 1. The summed E-state index contributed by atoms with van der Waals surface area (Å²) in [7, 11) is 0. The van der Waals surface area contributed by atoms with Gasteiger partial charge in [0.1, 0.15) is 0 Å². The first kappa shape index (κ1) is 17.5. The molecule has 2 aromatic carbocycles. The number of urea groups is 1. The Bertz CT molecular complexity index is 735. The molecule has 5 heteroatoms. The van der Waals surface area contributed by atoms with Crippen molar-refractivity contribution in [2.75, 3.05) is 18.4 Å². The SMILES string of the molecule is CCN(CC(O)c1ccc(C)cc1)C(=O)Nc1cccc(C#N)c1. The van der Waals surface area contributed by atoms with E-state index in [4.69, 9.17) is 5.26 Å². The number of hydrogen-bond acceptors (Lipinski definition) is 3. The van der Waals surface area contributed by atoms with Crippen molar-refractivity contribution in [2.24, 2.45) is 0 Å². The molecular formula is C19H21N3O2. The molecule has 2 aromatic rings. The van der Waals surface area contributed by atoms with E-state index < -0.39 is 6.10 Å². The van der Waals surface area contributed by atoms with E-state index in [-0.39, 0.29) is 12.6 Å². The van der Waals surface area contributed by atoms with Crippen molar-refractivity contribution in [1.29, 1.82) is 5.26 Å².